The quantitative estimate of drug-likeness (QED) is 0.567. The number of urea groups is 1. The molecule has 0 radical (unpaired) electrons. The van der Waals surface area contributed by atoms with Gasteiger partial charge in [0.2, 0.25) is 0 Å². The van der Waals surface area contributed by atoms with Crippen LogP contribution in [0.5, 0.6) is 0 Å². The number of nitrogens with one attached hydrogen (secondary N) is 2. The Labute approximate surface area is 73.3 Å². The van der Waals surface area contributed by atoms with Gasteiger partial charge in [-0.1, -0.05) is 13.8 Å². The lowest BCUT2D eigenvalue weighted by Crippen LogP contribution is -2.42. The molecule has 72 valence electrons. The van der Waals surface area contributed by atoms with E-state index < -0.39 is 0 Å². The zero-order chi connectivity index (χ0) is 9.40. The molecule has 2 amide bonds. The van der Waals surface area contributed by atoms with Crippen molar-refractivity contribution in [3.63, 3.8) is 0 Å². The third-order valence-electron chi connectivity index (χ3n) is 1.72. The summed E-state index contributed by atoms with van der Waals surface area (Å²) in [4.78, 5) is 11.0. The minimum Gasteiger partial charge on any atom is -0.395 e. The van der Waals surface area contributed by atoms with E-state index in [2.05, 4.69) is 10.6 Å². The van der Waals surface area contributed by atoms with Crippen LogP contribution in [-0.4, -0.2) is 30.3 Å². The van der Waals surface area contributed by atoms with Crippen molar-refractivity contribution in [2.75, 3.05) is 13.2 Å². The molecule has 0 heterocycles. The second-order valence-corrected chi connectivity index (χ2v) is 2.64. The number of aliphatic hydroxyl groups excluding tert-OH is 1. The van der Waals surface area contributed by atoms with Crippen LogP contribution in [0.15, 0.2) is 0 Å². The molecule has 0 aromatic heterocycles. The van der Waals surface area contributed by atoms with Crippen molar-refractivity contribution < 1.29 is 9.90 Å². The number of rotatable bonds is 5. The fourth-order valence-electron chi connectivity index (χ4n) is 0.899. The molecule has 4 heteroatoms. The molecule has 0 aliphatic rings. The van der Waals surface area contributed by atoms with Crippen molar-refractivity contribution >= 4 is 6.03 Å². The maximum atomic E-state index is 11.0. The van der Waals surface area contributed by atoms with Crippen LogP contribution < -0.4 is 10.6 Å². The van der Waals surface area contributed by atoms with Crippen LogP contribution in [0.3, 0.4) is 0 Å². The number of hydrogen-bond donors (Lipinski definition) is 3. The van der Waals surface area contributed by atoms with E-state index in [4.69, 9.17) is 5.11 Å². The third kappa shape index (κ3) is 4.96. The molecule has 0 bridgehead atoms. The summed E-state index contributed by atoms with van der Waals surface area (Å²) in [5, 5.41) is 13.7. The van der Waals surface area contributed by atoms with Gasteiger partial charge in [-0.2, -0.15) is 0 Å². The predicted molar refractivity (Wildman–Crippen MR) is 48.0 cm³/mol. The fraction of sp³-hybridized carbons (Fsp3) is 0.875. The number of aliphatic hydroxyl groups is 1. The lowest BCUT2D eigenvalue weighted by Gasteiger charge is -2.14. The Hall–Kier alpha value is -0.770. The molecule has 3 N–H and O–H groups in total. The Balaban J connectivity index is 3.52. The molecule has 0 atom stereocenters. The average Bonchev–Trinajstić information content (AvgIpc) is 2.10. The van der Waals surface area contributed by atoms with Gasteiger partial charge in [0.05, 0.1) is 6.61 Å². The summed E-state index contributed by atoms with van der Waals surface area (Å²) in [7, 11) is 0. The zero-order valence-corrected chi connectivity index (χ0v) is 7.76. The SMILES string of the molecule is CCC(CC)NC(=O)NCCO. The fourth-order valence-corrected chi connectivity index (χ4v) is 0.899. The van der Waals surface area contributed by atoms with Crippen molar-refractivity contribution in [3.8, 4) is 0 Å². The molecule has 0 aromatic carbocycles. The lowest BCUT2D eigenvalue weighted by molar-refractivity contribution is 0.230. The van der Waals surface area contributed by atoms with Crippen LogP contribution in [0.1, 0.15) is 26.7 Å². The summed E-state index contributed by atoms with van der Waals surface area (Å²) in [6, 6.07) is 0.0430. The minimum absolute atomic E-state index is 0.0175. The highest BCUT2D eigenvalue weighted by Gasteiger charge is 2.05. The van der Waals surface area contributed by atoms with E-state index in [0.29, 0.717) is 6.54 Å². The van der Waals surface area contributed by atoms with Crippen molar-refractivity contribution in [1.82, 2.24) is 10.6 Å². The molecule has 0 spiro atoms. The molecule has 4 nitrogen and oxygen atoms in total. The summed E-state index contributed by atoms with van der Waals surface area (Å²) in [6.07, 6.45) is 1.87. The van der Waals surface area contributed by atoms with Gasteiger partial charge in [-0.05, 0) is 12.8 Å². The topological polar surface area (TPSA) is 61.4 Å². The smallest absolute Gasteiger partial charge is 0.315 e. The van der Waals surface area contributed by atoms with E-state index in [-0.39, 0.29) is 18.7 Å². The molecule has 0 aliphatic heterocycles. The van der Waals surface area contributed by atoms with Crippen LogP contribution in [0.4, 0.5) is 4.79 Å². The molecule has 0 saturated carbocycles. The second-order valence-electron chi connectivity index (χ2n) is 2.64. The van der Waals surface area contributed by atoms with Crippen LogP contribution in [0.2, 0.25) is 0 Å². The second kappa shape index (κ2) is 6.91. The van der Waals surface area contributed by atoms with Crippen molar-refractivity contribution in [2.24, 2.45) is 0 Å². The number of carbonyl (C=O) groups excluding carboxylic acids is 1. The van der Waals surface area contributed by atoms with Crippen molar-refractivity contribution in [1.29, 1.82) is 0 Å². The van der Waals surface area contributed by atoms with Gasteiger partial charge >= 0.3 is 6.03 Å². The van der Waals surface area contributed by atoms with E-state index in [0.717, 1.165) is 12.8 Å². The molecular formula is C8H18N2O2. The molecule has 0 saturated heterocycles. The molecule has 0 fully saturated rings. The maximum Gasteiger partial charge on any atom is 0.315 e. The van der Waals surface area contributed by atoms with Gasteiger partial charge in [-0.25, -0.2) is 4.79 Å². The monoisotopic (exact) mass is 174 g/mol. The van der Waals surface area contributed by atoms with E-state index in [1.54, 1.807) is 0 Å². The number of hydrogen-bond acceptors (Lipinski definition) is 2. The molecule has 12 heavy (non-hydrogen) atoms. The first-order valence-electron chi connectivity index (χ1n) is 4.39. The van der Waals surface area contributed by atoms with Gasteiger partial charge in [0.25, 0.3) is 0 Å². The number of carbonyl (C=O) groups is 1. The number of amides is 2. The van der Waals surface area contributed by atoms with Crippen molar-refractivity contribution in [3.05, 3.63) is 0 Å². The summed E-state index contributed by atoms with van der Waals surface area (Å²) in [5.74, 6) is 0. The molecule has 0 rings (SSSR count). The lowest BCUT2D eigenvalue weighted by atomic mass is 10.2. The first-order chi connectivity index (χ1) is 5.74. The molecular weight excluding hydrogens is 156 g/mol. The van der Waals surface area contributed by atoms with Crippen LogP contribution in [0.25, 0.3) is 0 Å². The van der Waals surface area contributed by atoms with E-state index in [1.165, 1.54) is 0 Å². The van der Waals surface area contributed by atoms with Crippen LogP contribution in [-0.2, 0) is 0 Å². The van der Waals surface area contributed by atoms with Crippen LogP contribution in [0, 0.1) is 0 Å². The Kier molecular flexibility index (Phi) is 6.47. The minimum atomic E-state index is -0.197. The van der Waals surface area contributed by atoms with Crippen LogP contribution >= 0.6 is 0 Å². The highest BCUT2D eigenvalue weighted by molar-refractivity contribution is 5.74. The summed E-state index contributed by atoms with van der Waals surface area (Å²) in [6.45, 7) is 4.35. The summed E-state index contributed by atoms with van der Waals surface area (Å²) in [5.41, 5.74) is 0. The largest absolute Gasteiger partial charge is 0.395 e. The van der Waals surface area contributed by atoms with E-state index >= 15 is 0 Å². The van der Waals surface area contributed by atoms with Gasteiger partial charge < -0.3 is 15.7 Å². The summed E-state index contributed by atoms with van der Waals surface area (Å²) < 4.78 is 0. The molecule has 0 unspecified atom stereocenters. The normalized spacial score (nSPS) is 10.0. The molecule has 0 aliphatic carbocycles. The Morgan fingerprint density at radius 3 is 2.42 bits per heavy atom. The van der Waals surface area contributed by atoms with Gasteiger partial charge in [0.15, 0.2) is 0 Å². The highest BCUT2D eigenvalue weighted by Crippen LogP contribution is 1.94. The first kappa shape index (κ1) is 11.2. The standard InChI is InChI=1S/C8H18N2O2/c1-3-7(4-2)10-8(12)9-5-6-11/h7,11H,3-6H2,1-2H3,(H2,9,10,12). The molecule has 0 aromatic rings. The zero-order valence-electron chi connectivity index (χ0n) is 7.76. The summed E-state index contributed by atoms with van der Waals surface area (Å²) >= 11 is 0. The Morgan fingerprint density at radius 1 is 1.42 bits per heavy atom. The predicted octanol–water partition coefficient (Wildman–Crippen LogP) is 0.466. The first-order valence-corrected chi connectivity index (χ1v) is 4.39. The van der Waals surface area contributed by atoms with Gasteiger partial charge in [-0.15, -0.1) is 0 Å². The highest BCUT2D eigenvalue weighted by atomic mass is 16.3. The van der Waals surface area contributed by atoms with Gasteiger partial charge in [0, 0.05) is 12.6 Å². The Bertz CT molecular complexity index is 124. The van der Waals surface area contributed by atoms with Gasteiger partial charge in [0.1, 0.15) is 0 Å². The van der Waals surface area contributed by atoms with Gasteiger partial charge in [-0.3, -0.25) is 0 Å². The van der Waals surface area contributed by atoms with Crippen molar-refractivity contribution in [2.45, 2.75) is 32.7 Å². The third-order valence-corrected chi connectivity index (χ3v) is 1.72. The average molecular weight is 174 g/mol. The Morgan fingerprint density at radius 2 is 2.00 bits per heavy atom. The maximum absolute atomic E-state index is 11.0. The van der Waals surface area contributed by atoms with E-state index in [9.17, 15) is 4.79 Å². The van der Waals surface area contributed by atoms with E-state index in [1.807, 2.05) is 13.8 Å².